The summed E-state index contributed by atoms with van der Waals surface area (Å²) in [6.07, 6.45) is -2.93. The summed E-state index contributed by atoms with van der Waals surface area (Å²) in [6, 6.07) is 12.1. The summed E-state index contributed by atoms with van der Waals surface area (Å²) in [5.74, 6) is 0.604. The lowest BCUT2D eigenvalue weighted by Crippen LogP contribution is -2.37. The van der Waals surface area contributed by atoms with Gasteiger partial charge < -0.3 is 9.64 Å². The smallest absolute Gasteiger partial charge is 0.378 e. The third kappa shape index (κ3) is 3.95. The van der Waals surface area contributed by atoms with Gasteiger partial charge >= 0.3 is 6.18 Å². The lowest BCUT2D eigenvalue weighted by atomic mass is 10.0. The topological polar surface area (TPSA) is 74.9 Å². The molecule has 1 aliphatic rings. The Morgan fingerprint density at radius 3 is 2.50 bits per heavy atom. The molecule has 30 heavy (non-hydrogen) atoms. The number of anilines is 1. The number of halogens is 3. The molecule has 2 aromatic heterocycles. The zero-order chi connectivity index (χ0) is 21.1. The van der Waals surface area contributed by atoms with Crippen LogP contribution in [-0.2, 0) is 10.9 Å². The maximum Gasteiger partial charge on any atom is 0.416 e. The molecule has 3 heterocycles. The Morgan fingerprint density at radius 2 is 1.83 bits per heavy atom. The SMILES string of the molecule is N#Cc1c(-c2cccc(C(F)(F)F)c2)nc(-c2ccccn2)nc1N1CCOCC1. The minimum absolute atomic E-state index is 0.121. The summed E-state index contributed by atoms with van der Waals surface area (Å²) >= 11 is 0. The molecule has 0 radical (unpaired) electrons. The van der Waals surface area contributed by atoms with Crippen molar-refractivity contribution in [1.29, 1.82) is 5.26 Å². The van der Waals surface area contributed by atoms with Crippen molar-refractivity contribution in [2.24, 2.45) is 0 Å². The highest BCUT2D eigenvalue weighted by Gasteiger charge is 2.31. The van der Waals surface area contributed by atoms with E-state index in [4.69, 9.17) is 4.74 Å². The van der Waals surface area contributed by atoms with Crippen molar-refractivity contribution >= 4 is 5.82 Å². The average molecular weight is 411 g/mol. The third-order valence-electron chi connectivity index (χ3n) is 4.67. The molecule has 0 unspecified atom stereocenters. The second-order valence-corrected chi connectivity index (χ2v) is 6.60. The normalized spacial score (nSPS) is 14.4. The second kappa shape index (κ2) is 8.08. The van der Waals surface area contributed by atoms with Gasteiger partial charge in [-0.05, 0) is 24.3 Å². The molecule has 1 aliphatic heterocycles. The number of hydrogen-bond acceptors (Lipinski definition) is 6. The number of alkyl halides is 3. The first kappa shape index (κ1) is 19.8. The van der Waals surface area contributed by atoms with E-state index in [1.807, 2.05) is 4.90 Å². The molecule has 0 atom stereocenters. The molecule has 0 saturated carbocycles. The number of morpholine rings is 1. The maximum atomic E-state index is 13.3. The lowest BCUT2D eigenvalue weighted by Gasteiger charge is -2.29. The highest BCUT2D eigenvalue weighted by molar-refractivity contribution is 5.76. The third-order valence-corrected chi connectivity index (χ3v) is 4.67. The Morgan fingerprint density at radius 1 is 1.03 bits per heavy atom. The van der Waals surface area contributed by atoms with E-state index in [0.29, 0.717) is 37.8 Å². The van der Waals surface area contributed by atoms with Gasteiger partial charge in [-0.3, -0.25) is 4.98 Å². The largest absolute Gasteiger partial charge is 0.416 e. The van der Waals surface area contributed by atoms with Crippen molar-refractivity contribution in [2.45, 2.75) is 6.18 Å². The molecule has 1 fully saturated rings. The molecule has 0 bridgehead atoms. The van der Waals surface area contributed by atoms with Crippen molar-refractivity contribution in [3.05, 3.63) is 59.8 Å². The number of hydrogen-bond donors (Lipinski definition) is 0. The summed E-state index contributed by atoms with van der Waals surface area (Å²) in [5.41, 5.74) is 0.103. The number of rotatable bonds is 3. The number of nitriles is 1. The van der Waals surface area contributed by atoms with Crippen LogP contribution in [-0.4, -0.2) is 41.3 Å². The van der Waals surface area contributed by atoms with Crippen molar-refractivity contribution in [1.82, 2.24) is 15.0 Å². The number of aromatic nitrogens is 3. The van der Waals surface area contributed by atoms with E-state index in [9.17, 15) is 18.4 Å². The molecule has 1 saturated heterocycles. The van der Waals surface area contributed by atoms with Crippen LogP contribution < -0.4 is 4.90 Å². The maximum absolute atomic E-state index is 13.3. The average Bonchev–Trinajstić information content (AvgIpc) is 2.79. The van der Waals surface area contributed by atoms with Crippen molar-refractivity contribution in [3.63, 3.8) is 0 Å². The molecule has 0 spiro atoms. The summed E-state index contributed by atoms with van der Waals surface area (Å²) in [5, 5.41) is 9.86. The number of pyridine rings is 1. The Labute approximate surface area is 170 Å². The van der Waals surface area contributed by atoms with E-state index < -0.39 is 11.7 Å². The number of ether oxygens (including phenoxy) is 1. The molecule has 0 amide bonds. The van der Waals surface area contributed by atoms with E-state index in [0.717, 1.165) is 12.1 Å². The second-order valence-electron chi connectivity index (χ2n) is 6.60. The van der Waals surface area contributed by atoms with E-state index >= 15 is 0 Å². The van der Waals surface area contributed by atoms with E-state index in [1.54, 1.807) is 24.4 Å². The minimum Gasteiger partial charge on any atom is -0.378 e. The van der Waals surface area contributed by atoms with Crippen LogP contribution in [0, 0.1) is 11.3 Å². The Balaban J connectivity index is 1.94. The standard InChI is InChI=1S/C21H16F3N5O/c22-21(23,24)15-5-3-4-14(12-15)18-16(13-25)20(29-8-10-30-11-9-29)28-19(27-18)17-6-1-2-7-26-17/h1-7,12H,8-11H2. The fraction of sp³-hybridized carbons (Fsp3) is 0.238. The van der Waals surface area contributed by atoms with E-state index in [2.05, 4.69) is 21.0 Å². The van der Waals surface area contributed by atoms with Crippen LogP contribution >= 0.6 is 0 Å². The molecular weight excluding hydrogens is 395 g/mol. The molecule has 6 nitrogen and oxygen atoms in total. The monoisotopic (exact) mass is 411 g/mol. The van der Waals surface area contributed by atoms with Gasteiger partial charge in [0.05, 0.1) is 24.5 Å². The van der Waals surface area contributed by atoms with Crippen LogP contribution in [0.5, 0.6) is 0 Å². The fourth-order valence-corrected chi connectivity index (χ4v) is 3.22. The van der Waals surface area contributed by atoms with Crippen LogP contribution in [0.2, 0.25) is 0 Å². The molecule has 4 rings (SSSR count). The fourth-order valence-electron chi connectivity index (χ4n) is 3.22. The Kier molecular flexibility index (Phi) is 5.33. The van der Waals surface area contributed by atoms with Crippen molar-refractivity contribution in [2.75, 3.05) is 31.2 Å². The van der Waals surface area contributed by atoms with E-state index in [1.165, 1.54) is 12.1 Å². The molecule has 9 heteroatoms. The Bertz CT molecular complexity index is 1090. The van der Waals surface area contributed by atoms with E-state index in [-0.39, 0.29) is 22.6 Å². The summed E-state index contributed by atoms with van der Waals surface area (Å²) in [6.45, 7) is 1.95. The van der Waals surface area contributed by atoms with Gasteiger partial charge in [-0.1, -0.05) is 18.2 Å². The molecule has 0 N–H and O–H groups in total. The number of nitrogens with zero attached hydrogens (tertiary/aromatic N) is 5. The number of benzene rings is 1. The van der Waals surface area contributed by atoms with Crippen LogP contribution in [0.15, 0.2) is 48.7 Å². The molecule has 3 aromatic rings. The predicted octanol–water partition coefficient (Wildman–Crippen LogP) is 3.93. The molecule has 152 valence electrons. The molecular formula is C21H16F3N5O. The summed E-state index contributed by atoms with van der Waals surface area (Å²) in [4.78, 5) is 15.1. The van der Waals surface area contributed by atoms with Gasteiger partial charge in [0.1, 0.15) is 17.3 Å². The van der Waals surface area contributed by atoms with Crippen LogP contribution in [0.25, 0.3) is 22.8 Å². The van der Waals surface area contributed by atoms with Crippen LogP contribution in [0.4, 0.5) is 19.0 Å². The van der Waals surface area contributed by atoms with Gasteiger partial charge in [0.15, 0.2) is 11.6 Å². The van der Waals surface area contributed by atoms with Gasteiger partial charge in [0.2, 0.25) is 0 Å². The van der Waals surface area contributed by atoms with Crippen LogP contribution in [0.3, 0.4) is 0 Å². The first-order chi connectivity index (χ1) is 14.5. The predicted molar refractivity (Wildman–Crippen MR) is 103 cm³/mol. The summed E-state index contributed by atoms with van der Waals surface area (Å²) < 4.78 is 45.1. The summed E-state index contributed by atoms with van der Waals surface area (Å²) in [7, 11) is 0. The minimum atomic E-state index is -4.51. The molecule has 1 aromatic carbocycles. The van der Waals surface area contributed by atoms with Crippen LogP contribution in [0.1, 0.15) is 11.1 Å². The quantitative estimate of drug-likeness (QED) is 0.650. The van der Waals surface area contributed by atoms with Gasteiger partial charge in [0, 0.05) is 24.8 Å². The first-order valence-corrected chi connectivity index (χ1v) is 9.21. The van der Waals surface area contributed by atoms with Crippen molar-refractivity contribution < 1.29 is 17.9 Å². The zero-order valence-electron chi connectivity index (χ0n) is 15.7. The van der Waals surface area contributed by atoms with Gasteiger partial charge in [0.25, 0.3) is 0 Å². The lowest BCUT2D eigenvalue weighted by molar-refractivity contribution is -0.137. The first-order valence-electron chi connectivity index (χ1n) is 9.21. The van der Waals surface area contributed by atoms with Crippen molar-refractivity contribution in [3.8, 4) is 28.8 Å². The highest BCUT2D eigenvalue weighted by Crippen LogP contribution is 2.35. The van der Waals surface area contributed by atoms with Gasteiger partial charge in [-0.2, -0.15) is 18.4 Å². The molecule has 0 aliphatic carbocycles. The highest BCUT2D eigenvalue weighted by atomic mass is 19.4. The van der Waals surface area contributed by atoms with Gasteiger partial charge in [-0.15, -0.1) is 0 Å². The Hall–Kier alpha value is -3.51. The van der Waals surface area contributed by atoms with Gasteiger partial charge in [-0.25, -0.2) is 9.97 Å². The zero-order valence-corrected chi connectivity index (χ0v) is 15.7.